The molecule has 0 spiro atoms. The molecule has 0 heterocycles. The van der Waals surface area contributed by atoms with Crippen molar-refractivity contribution in [2.45, 2.75) is 32.7 Å². The molecule has 0 saturated carbocycles. The summed E-state index contributed by atoms with van der Waals surface area (Å²) in [4.78, 5) is 0. The molecule has 94 valence electrons. The Labute approximate surface area is 110 Å². The first kappa shape index (κ1) is 12.7. The Kier molecular flexibility index (Phi) is 4.40. The summed E-state index contributed by atoms with van der Waals surface area (Å²) in [5.74, 6) is 0. The maximum absolute atomic E-state index is 3.60. The summed E-state index contributed by atoms with van der Waals surface area (Å²) in [6.07, 6.45) is 2.20. The summed E-state index contributed by atoms with van der Waals surface area (Å²) >= 11 is 0. The summed E-state index contributed by atoms with van der Waals surface area (Å²) < 4.78 is 0. The molecule has 1 N–H and O–H groups in total. The molecule has 2 aromatic rings. The van der Waals surface area contributed by atoms with E-state index in [-0.39, 0.29) is 0 Å². The Bertz CT molecular complexity index is 459. The maximum atomic E-state index is 3.60. The molecule has 1 heteroatoms. The van der Waals surface area contributed by atoms with Crippen LogP contribution in [0.3, 0.4) is 0 Å². The molecule has 1 atom stereocenters. The van der Waals surface area contributed by atoms with Crippen LogP contribution in [0.4, 0.5) is 5.69 Å². The molecule has 18 heavy (non-hydrogen) atoms. The van der Waals surface area contributed by atoms with E-state index in [1.807, 2.05) is 0 Å². The first-order valence-corrected chi connectivity index (χ1v) is 6.65. The van der Waals surface area contributed by atoms with Gasteiger partial charge in [-0.1, -0.05) is 55.0 Å². The summed E-state index contributed by atoms with van der Waals surface area (Å²) in [7, 11) is 0. The predicted molar refractivity (Wildman–Crippen MR) is 79.0 cm³/mol. The Balaban J connectivity index is 1.99. The minimum absolute atomic E-state index is 0.495. The van der Waals surface area contributed by atoms with Crippen molar-refractivity contribution in [3.63, 3.8) is 0 Å². The number of nitrogens with one attached hydrogen (secondary N) is 1. The van der Waals surface area contributed by atoms with Gasteiger partial charge in [0.25, 0.3) is 0 Å². The number of anilines is 1. The van der Waals surface area contributed by atoms with E-state index in [1.54, 1.807) is 0 Å². The van der Waals surface area contributed by atoms with Gasteiger partial charge in [0, 0.05) is 11.7 Å². The number of hydrogen-bond donors (Lipinski definition) is 1. The fraction of sp³-hybridized carbons (Fsp3) is 0.294. The molecule has 0 aliphatic heterocycles. The van der Waals surface area contributed by atoms with Crippen LogP contribution in [0, 0.1) is 6.92 Å². The van der Waals surface area contributed by atoms with Gasteiger partial charge in [-0.25, -0.2) is 0 Å². The molecule has 0 radical (unpaired) electrons. The van der Waals surface area contributed by atoms with Crippen molar-refractivity contribution < 1.29 is 0 Å². The fourth-order valence-electron chi connectivity index (χ4n) is 2.08. The summed E-state index contributed by atoms with van der Waals surface area (Å²) in [5, 5.41) is 3.60. The summed E-state index contributed by atoms with van der Waals surface area (Å²) in [5.41, 5.74) is 3.91. The minimum Gasteiger partial charge on any atom is -0.382 e. The van der Waals surface area contributed by atoms with Crippen molar-refractivity contribution in [3.05, 3.63) is 65.7 Å². The number of rotatable bonds is 5. The van der Waals surface area contributed by atoms with Crippen molar-refractivity contribution >= 4 is 5.69 Å². The zero-order valence-corrected chi connectivity index (χ0v) is 11.2. The first-order chi connectivity index (χ1) is 8.78. The summed E-state index contributed by atoms with van der Waals surface area (Å²) in [6, 6.07) is 19.8. The van der Waals surface area contributed by atoms with E-state index in [0.717, 1.165) is 12.8 Å². The highest BCUT2D eigenvalue weighted by Crippen LogP contribution is 2.14. The van der Waals surface area contributed by atoms with Crippen LogP contribution in [0.2, 0.25) is 0 Å². The molecule has 1 nitrogen and oxygen atoms in total. The second kappa shape index (κ2) is 6.25. The second-order valence-electron chi connectivity index (χ2n) is 4.81. The maximum Gasteiger partial charge on any atom is 0.0342 e. The van der Waals surface area contributed by atoms with Crippen molar-refractivity contribution in [2.24, 2.45) is 0 Å². The molecule has 0 bridgehead atoms. The Morgan fingerprint density at radius 2 is 1.61 bits per heavy atom. The molecule has 2 rings (SSSR count). The average molecular weight is 239 g/mol. The van der Waals surface area contributed by atoms with Crippen LogP contribution in [0.25, 0.3) is 0 Å². The van der Waals surface area contributed by atoms with E-state index in [9.17, 15) is 0 Å². The lowest BCUT2D eigenvalue weighted by molar-refractivity contribution is 0.690. The zero-order chi connectivity index (χ0) is 12.8. The van der Waals surface area contributed by atoms with Crippen molar-refractivity contribution in [1.29, 1.82) is 0 Å². The van der Waals surface area contributed by atoms with Gasteiger partial charge in [-0.3, -0.25) is 0 Å². The van der Waals surface area contributed by atoms with Crippen LogP contribution in [-0.2, 0) is 6.42 Å². The van der Waals surface area contributed by atoms with Gasteiger partial charge in [0.05, 0.1) is 0 Å². The average Bonchev–Trinajstić information content (AvgIpc) is 2.41. The number of aryl methyl sites for hydroxylation is 1. The topological polar surface area (TPSA) is 12.0 Å². The van der Waals surface area contributed by atoms with Crippen molar-refractivity contribution in [1.82, 2.24) is 0 Å². The van der Waals surface area contributed by atoms with E-state index >= 15 is 0 Å². The molecule has 0 aromatic heterocycles. The Morgan fingerprint density at radius 3 is 2.22 bits per heavy atom. The van der Waals surface area contributed by atoms with Crippen molar-refractivity contribution in [3.8, 4) is 0 Å². The molecule has 0 unspecified atom stereocenters. The number of benzene rings is 2. The molecule has 0 aliphatic rings. The molecule has 0 fully saturated rings. The van der Waals surface area contributed by atoms with Crippen LogP contribution < -0.4 is 5.32 Å². The van der Waals surface area contributed by atoms with E-state index in [4.69, 9.17) is 0 Å². The zero-order valence-electron chi connectivity index (χ0n) is 11.2. The predicted octanol–water partition coefficient (Wildman–Crippen LogP) is 4.43. The highest BCUT2D eigenvalue weighted by Gasteiger charge is 2.06. The third-order valence-electron chi connectivity index (χ3n) is 3.24. The van der Waals surface area contributed by atoms with E-state index in [2.05, 4.69) is 73.8 Å². The van der Waals surface area contributed by atoms with Crippen LogP contribution in [0.5, 0.6) is 0 Å². The smallest absolute Gasteiger partial charge is 0.0342 e. The van der Waals surface area contributed by atoms with E-state index in [0.29, 0.717) is 6.04 Å². The van der Waals surface area contributed by atoms with Gasteiger partial charge in [0.2, 0.25) is 0 Å². The van der Waals surface area contributed by atoms with Gasteiger partial charge in [0.15, 0.2) is 0 Å². The first-order valence-electron chi connectivity index (χ1n) is 6.65. The fourth-order valence-corrected chi connectivity index (χ4v) is 2.08. The van der Waals surface area contributed by atoms with Crippen LogP contribution in [0.15, 0.2) is 54.6 Å². The lowest BCUT2D eigenvalue weighted by Gasteiger charge is -2.18. The molecular formula is C17H21N. The van der Waals surface area contributed by atoms with Gasteiger partial charge in [0.1, 0.15) is 0 Å². The largest absolute Gasteiger partial charge is 0.382 e. The third kappa shape index (κ3) is 3.63. The van der Waals surface area contributed by atoms with Crippen molar-refractivity contribution in [2.75, 3.05) is 5.32 Å². The SMILES string of the molecule is CC[C@H](Cc1ccccc1)Nc1ccc(C)cc1. The minimum atomic E-state index is 0.495. The molecule has 0 amide bonds. The lowest BCUT2D eigenvalue weighted by atomic mass is 10.0. The number of hydrogen-bond acceptors (Lipinski definition) is 1. The van der Waals surface area contributed by atoms with E-state index < -0.39 is 0 Å². The van der Waals surface area contributed by atoms with Gasteiger partial charge in [-0.15, -0.1) is 0 Å². The highest BCUT2D eigenvalue weighted by molar-refractivity contribution is 5.45. The van der Waals surface area contributed by atoms with Crippen LogP contribution >= 0.6 is 0 Å². The van der Waals surface area contributed by atoms with Crippen LogP contribution in [0.1, 0.15) is 24.5 Å². The third-order valence-corrected chi connectivity index (χ3v) is 3.24. The normalized spacial score (nSPS) is 12.1. The highest BCUT2D eigenvalue weighted by atomic mass is 14.9. The quantitative estimate of drug-likeness (QED) is 0.814. The van der Waals surface area contributed by atoms with Gasteiger partial charge >= 0.3 is 0 Å². The standard InChI is InChI=1S/C17H21N/c1-3-16(13-15-7-5-4-6-8-15)18-17-11-9-14(2)10-12-17/h4-12,16,18H,3,13H2,1-2H3/t16-/m1/s1. The lowest BCUT2D eigenvalue weighted by Crippen LogP contribution is -2.21. The second-order valence-corrected chi connectivity index (χ2v) is 4.81. The van der Waals surface area contributed by atoms with Crippen LogP contribution in [-0.4, -0.2) is 6.04 Å². The molecule has 2 aromatic carbocycles. The summed E-state index contributed by atoms with van der Waals surface area (Å²) in [6.45, 7) is 4.35. The molecule has 0 saturated heterocycles. The molecular weight excluding hydrogens is 218 g/mol. The monoisotopic (exact) mass is 239 g/mol. The van der Waals surface area contributed by atoms with Gasteiger partial charge in [-0.2, -0.15) is 0 Å². The molecule has 0 aliphatic carbocycles. The Hall–Kier alpha value is -1.76. The Morgan fingerprint density at radius 1 is 0.944 bits per heavy atom. The van der Waals surface area contributed by atoms with E-state index in [1.165, 1.54) is 16.8 Å². The van der Waals surface area contributed by atoms with Gasteiger partial charge in [-0.05, 0) is 37.5 Å². The van der Waals surface area contributed by atoms with Gasteiger partial charge < -0.3 is 5.32 Å².